The molecule has 0 saturated carbocycles. The van der Waals surface area contributed by atoms with E-state index in [-0.39, 0.29) is 22.9 Å². The predicted octanol–water partition coefficient (Wildman–Crippen LogP) is 2.63. The molecule has 18 heavy (non-hydrogen) atoms. The van der Waals surface area contributed by atoms with Crippen molar-refractivity contribution in [3.63, 3.8) is 0 Å². The first-order chi connectivity index (χ1) is 8.41. The van der Waals surface area contributed by atoms with Crippen LogP contribution in [0, 0.1) is 0 Å². The highest BCUT2D eigenvalue weighted by Crippen LogP contribution is 2.25. The topological polar surface area (TPSA) is 69.6 Å². The summed E-state index contributed by atoms with van der Waals surface area (Å²) in [6.07, 6.45) is 1.43. The van der Waals surface area contributed by atoms with Gasteiger partial charge < -0.3 is 15.5 Å². The molecule has 1 aromatic carbocycles. The number of halogens is 1. The predicted molar refractivity (Wildman–Crippen MR) is 71.3 cm³/mol. The molecule has 1 amide bonds. The number of hydrogen-bond acceptors (Lipinski definition) is 3. The second-order valence-corrected chi connectivity index (χ2v) is 4.89. The van der Waals surface area contributed by atoms with Gasteiger partial charge in [-0.3, -0.25) is 4.79 Å². The fourth-order valence-electron chi connectivity index (χ4n) is 1.55. The summed E-state index contributed by atoms with van der Waals surface area (Å²) in [5.41, 5.74) is -0.0636. The molecule has 3 N–H and O–H groups in total. The molecule has 5 heteroatoms. The van der Waals surface area contributed by atoms with Gasteiger partial charge in [-0.2, -0.15) is 0 Å². The second kappa shape index (κ2) is 5.96. The van der Waals surface area contributed by atoms with Crippen LogP contribution >= 0.6 is 11.6 Å². The standard InChI is InChI=1S/C13H18ClNO3/c1-3-13(2,6-7-14)15-12(18)9-4-5-10(16)11(17)8-9/h4-5,8,16-17H,3,6-7H2,1-2H3,(H,15,18). The Hall–Kier alpha value is -1.42. The minimum absolute atomic E-state index is 0.245. The summed E-state index contributed by atoms with van der Waals surface area (Å²) < 4.78 is 0. The van der Waals surface area contributed by atoms with Crippen LogP contribution in [-0.4, -0.2) is 27.5 Å². The van der Waals surface area contributed by atoms with E-state index in [0.717, 1.165) is 6.42 Å². The van der Waals surface area contributed by atoms with Gasteiger partial charge in [0.15, 0.2) is 11.5 Å². The van der Waals surface area contributed by atoms with Crippen LogP contribution in [-0.2, 0) is 0 Å². The zero-order valence-corrected chi connectivity index (χ0v) is 11.3. The Balaban J connectivity index is 2.84. The SMILES string of the molecule is CCC(C)(CCCl)NC(=O)c1ccc(O)c(O)c1. The van der Waals surface area contributed by atoms with Crippen molar-refractivity contribution in [2.45, 2.75) is 32.2 Å². The van der Waals surface area contributed by atoms with Crippen molar-refractivity contribution in [1.82, 2.24) is 5.32 Å². The summed E-state index contributed by atoms with van der Waals surface area (Å²) >= 11 is 5.72. The van der Waals surface area contributed by atoms with Crippen molar-refractivity contribution in [1.29, 1.82) is 0 Å². The molecule has 0 heterocycles. The number of rotatable bonds is 5. The van der Waals surface area contributed by atoms with Crippen LogP contribution in [0.3, 0.4) is 0 Å². The number of hydrogen-bond donors (Lipinski definition) is 3. The fourth-order valence-corrected chi connectivity index (χ4v) is 1.96. The molecule has 0 aliphatic heterocycles. The number of benzene rings is 1. The van der Waals surface area contributed by atoms with Gasteiger partial charge in [0.1, 0.15) is 0 Å². The van der Waals surface area contributed by atoms with Crippen LogP contribution in [0.25, 0.3) is 0 Å². The van der Waals surface area contributed by atoms with E-state index in [9.17, 15) is 15.0 Å². The van der Waals surface area contributed by atoms with E-state index in [1.54, 1.807) is 0 Å². The quantitative estimate of drug-likeness (QED) is 0.570. The molecule has 0 aliphatic rings. The maximum Gasteiger partial charge on any atom is 0.251 e. The number of phenols is 2. The Bertz CT molecular complexity index is 436. The van der Waals surface area contributed by atoms with Gasteiger partial charge in [0.05, 0.1) is 0 Å². The van der Waals surface area contributed by atoms with Crippen molar-refractivity contribution in [3.8, 4) is 11.5 Å². The maximum absolute atomic E-state index is 12.0. The molecule has 0 bridgehead atoms. The van der Waals surface area contributed by atoms with E-state index in [4.69, 9.17) is 11.6 Å². The first kappa shape index (κ1) is 14.6. The van der Waals surface area contributed by atoms with Gasteiger partial charge in [-0.1, -0.05) is 6.92 Å². The number of carbonyl (C=O) groups is 1. The summed E-state index contributed by atoms with van der Waals surface area (Å²) in [7, 11) is 0. The molecular weight excluding hydrogens is 254 g/mol. The molecular formula is C13H18ClNO3. The van der Waals surface area contributed by atoms with Crippen LogP contribution in [0.5, 0.6) is 11.5 Å². The van der Waals surface area contributed by atoms with E-state index in [0.29, 0.717) is 17.9 Å². The normalized spacial score (nSPS) is 13.9. The van der Waals surface area contributed by atoms with E-state index in [1.807, 2.05) is 13.8 Å². The first-order valence-electron chi connectivity index (χ1n) is 5.82. The summed E-state index contributed by atoms with van der Waals surface area (Å²) in [5, 5.41) is 21.4. The van der Waals surface area contributed by atoms with Gasteiger partial charge in [-0.15, -0.1) is 11.6 Å². The lowest BCUT2D eigenvalue weighted by molar-refractivity contribution is 0.0901. The molecule has 100 valence electrons. The largest absolute Gasteiger partial charge is 0.504 e. The number of amides is 1. The molecule has 0 spiro atoms. The molecule has 1 rings (SSSR count). The van der Waals surface area contributed by atoms with Gasteiger partial charge in [-0.05, 0) is 38.0 Å². The van der Waals surface area contributed by atoms with E-state index in [1.165, 1.54) is 18.2 Å². The van der Waals surface area contributed by atoms with E-state index < -0.39 is 0 Å². The molecule has 0 radical (unpaired) electrons. The van der Waals surface area contributed by atoms with Gasteiger partial charge in [-0.25, -0.2) is 0 Å². The minimum atomic E-state index is -0.369. The number of nitrogens with one attached hydrogen (secondary N) is 1. The third kappa shape index (κ3) is 3.53. The molecule has 1 unspecified atom stereocenters. The molecule has 1 aromatic rings. The number of carbonyl (C=O) groups excluding carboxylic acids is 1. The van der Waals surface area contributed by atoms with Gasteiger partial charge in [0.25, 0.3) is 5.91 Å². The smallest absolute Gasteiger partial charge is 0.251 e. The van der Waals surface area contributed by atoms with Crippen molar-refractivity contribution in [3.05, 3.63) is 23.8 Å². The molecule has 1 atom stereocenters. The highest BCUT2D eigenvalue weighted by atomic mass is 35.5. The molecule has 0 aliphatic carbocycles. The number of phenolic OH excluding ortho intramolecular Hbond substituents is 2. The Morgan fingerprint density at radius 2 is 2.06 bits per heavy atom. The van der Waals surface area contributed by atoms with Crippen molar-refractivity contribution < 1.29 is 15.0 Å². The second-order valence-electron chi connectivity index (χ2n) is 4.51. The van der Waals surface area contributed by atoms with E-state index >= 15 is 0 Å². The lowest BCUT2D eigenvalue weighted by Gasteiger charge is -2.29. The van der Waals surface area contributed by atoms with Crippen LogP contribution < -0.4 is 5.32 Å². The lowest BCUT2D eigenvalue weighted by atomic mass is 9.95. The van der Waals surface area contributed by atoms with Crippen LogP contribution in [0.4, 0.5) is 0 Å². The highest BCUT2D eigenvalue weighted by Gasteiger charge is 2.24. The summed E-state index contributed by atoms with van der Waals surface area (Å²) in [6, 6.07) is 3.98. The summed E-state index contributed by atoms with van der Waals surface area (Å²) in [6.45, 7) is 3.90. The zero-order chi connectivity index (χ0) is 13.8. The summed E-state index contributed by atoms with van der Waals surface area (Å²) in [4.78, 5) is 12.0. The summed E-state index contributed by atoms with van der Waals surface area (Å²) in [5.74, 6) is -0.380. The first-order valence-corrected chi connectivity index (χ1v) is 6.36. The Kier molecular flexibility index (Phi) is 4.84. The van der Waals surface area contributed by atoms with Crippen LogP contribution in [0.2, 0.25) is 0 Å². The molecule has 0 saturated heterocycles. The average molecular weight is 272 g/mol. The van der Waals surface area contributed by atoms with Crippen LogP contribution in [0.15, 0.2) is 18.2 Å². The molecule has 0 aromatic heterocycles. The Labute approximate surface area is 112 Å². The highest BCUT2D eigenvalue weighted by molar-refractivity contribution is 6.17. The number of aromatic hydroxyl groups is 2. The monoisotopic (exact) mass is 271 g/mol. The molecule has 0 fully saturated rings. The fraction of sp³-hybridized carbons (Fsp3) is 0.462. The van der Waals surface area contributed by atoms with E-state index in [2.05, 4.69) is 5.32 Å². The Morgan fingerprint density at radius 3 is 2.56 bits per heavy atom. The Morgan fingerprint density at radius 1 is 1.39 bits per heavy atom. The van der Waals surface area contributed by atoms with Gasteiger partial charge >= 0.3 is 0 Å². The number of alkyl halides is 1. The third-order valence-corrected chi connectivity index (χ3v) is 3.27. The maximum atomic E-state index is 12.0. The zero-order valence-electron chi connectivity index (χ0n) is 10.5. The van der Waals surface area contributed by atoms with Crippen LogP contribution in [0.1, 0.15) is 37.0 Å². The van der Waals surface area contributed by atoms with Gasteiger partial charge in [0, 0.05) is 17.0 Å². The lowest BCUT2D eigenvalue weighted by Crippen LogP contribution is -2.45. The third-order valence-electron chi connectivity index (χ3n) is 3.08. The molecule has 4 nitrogen and oxygen atoms in total. The van der Waals surface area contributed by atoms with Crippen molar-refractivity contribution >= 4 is 17.5 Å². The minimum Gasteiger partial charge on any atom is -0.504 e. The average Bonchev–Trinajstić information content (AvgIpc) is 2.32. The van der Waals surface area contributed by atoms with Crippen molar-refractivity contribution in [2.75, 3.05) is 5.88 Å². The van der Waals surface area contributed by atoms with Gasteiger partial charge in [0.2, 0.25) is 0 Å². The van der Waals surface area contributed by atoms with Crippen molar-refractivity contribution in [2.24, 2.45) is 0 Å².